The van der Waals surface area contributed by atoms with E-state index in [2.05, 4.69) is 15.4 Å². The number of fused-ring (bicyclic) bond motifs is 1. The van der Waals surface area contributed by atoms with Crippen LogP contribution in [-0.2, 0) is 18.0 Å². The number of hydrogen-bond acceptors (Lipinski definition) is 4. The molecule has 0 unspecified atom stereocenters. The van der Waals surface area contributed by atoms with E-state index in [1.165, 1.54) is 18.7 Å². The molecule has 3 aromatic rings. The highest BCUT2D eigenvalue weighted by atomic mass is 19.4. The first kappa shape index (κ1) is 19.7. The van der Waals surface area contributed by atoms with Gasteiger partial charge in [-0.25, -0.2) is 0 Å². The molecule has 1 atom stereocenters. The minimum Gasteiger partial charge on any atom is -0.467 e. The highest BCUT2D eigenvalue weighted by Crippen LogP contribution is 2.37. The van der Waals surface area contributed by atoms with Crippen molar-refractivity contribution < 1.29 is 22.7 Å². The number of benzene rings is 1. The minimum atomic E-state index is -4.60. The Labute approximate surface area is 159 Å². The number of nitrogens with one attached hydrogen (secondary N) is 1. The number of rotatable bonds is 5. The summed E-state index contributed by atoms with van der Waals surface area (Å²) in [7, 11) is 1.50. The lowest BCUT2D eigenvalue weighted by Gasteiger charge is -2.15. The Morgan fingerprint density at radius 2 is 1.96 bits per heavy atom. The lowest BCUT2D eigenvalue weighted by atomic mass is 10.1. The third-order valence-electron chi connectivity index (χ3n) is 4.28. The van der Waals surface area contributed by atoms with E-state index >= 15 is 0 Å². The van der Waals surface area contributed by atoms with Gasteiger partial charge in [-0.15, -0.1) is 0 Å². The maximum atomic E-state index is 13.4. The summed E-state index contributed by atoms with van der Waals surface area (Å²) in [5, 5.41) is 6.65. The summed E-state index contributed by atoms with van der Waals surface area (Å²) >= 11 is 0. The lowest BCUT2D eigenvalue weighted by Crippen LogP contribution is -2.31. The van der Waals surface area contributed by atoms with Crippen LogP contribution in [0.2, 0.25) is 0 Å². The van der Waals surface area contributed by atoms with Crippen molar-refractivity contribution in [3.05, 3.63) is 53.2 Å². The molecule has 2 heterocycles. The number of aryl methyl sites for hydroxylation is 2. The molecule has 2 aromatic heterocycles. The van der Waals surface area contributed by atoms with Crippen molar-refractivity contribution in [2.24, 2.45) is 7.05 Å². The summed E-state index contributed by atoms with van der Waals surface area (Å²) in [6, 6.07) is 9.82. The number of ether oxygens (including phenoxy) is 1. The van der Waals surface area contributed by atoms with Crippen LogP contribution in [0.15, 0.2) is 36.4 Å². The zero-order chi connectivity index (χ0) is 20.5. The van der Waals surface area contributed by atoms with Crippen molar-refractivity contribution in [3.63, 3.8) is 0 Å². The zero-order valence-electron chi connectivity index (χ0n) is 15.5. The van der Waals surface area contributed by atoms with Crippen LogP contribution in [0.1, 0.15) is 29.8 Å². The van der Waals surface area contributed by atoms with Crippen molar-refractivity contribution >= 4 is 16.9 Å². The summed E-state index contributed by atoms with van der Waals surface area (Å²) in [5.41, 5.74) is 0.273. The van der Waals surface area contributed by atoms with Crippen LogP contribution in [-0.4, -0.2) is 27.3 Å². The summed E-state index contributed by atoms with van der Waals surface area (Å²) in [6.45, 7) is 2.83. The first-order valence-electron chi connectivity index (χ1n) is 8.55. The zero-order valence-corrected chi connectivity index (χ0v) is 15.5. The number of aromatic nitrogens is 3. The van der Waals surface area contributed by atoms with Gasteiger partial charge < -0.3 is 10.1 Å². The molecular formula is C19H19F3N4O2. The third kappa shape index (κ3) is 4.08. The summed E-state index contributed by atoms with van der Waals surface area (Å²) in [6.07, 6.45) is -4.60. The van der Waals surface area contributed by atoms with E-state index in [4.69, 9.17) is 4.74 Å². The van der Waals surface area contributed by atoms with E-state index in [0.717, 1.165) is 11.6 Å². The number of hydrogen-bond donors (Lipinski definition) is 1. The van der Waals surface area contributed by atoms with Crippen LogP contribution in [0.5, 0.6) is 5.88 Å². The topological polar surface area (TPSA) is 69.0 Å². The Balaban J connectivity index is 1.77. The van der Waals surface area contributed by atoms with Gasteiger partial charge in [0.2, 0.25) is 5.88 Å². The molecule has 0 saturated carbocycles. The second kappa shape index (κ2) is 7.49. The third-order valence-corrected chi connectivity index (χ3v) is 4.28. The average molecular weight is 392 g/mol. The monoisotopic (exact) mass is 392 g/mol. The van der Waals surface area contributed by atoms with Crippen LogP contribution in [0, 0.1) is 6.92 Å². The van der Waals surface area contributed by atoms with E-state index in [9.17, 15) is 18.0 Å². The molecule has 0 bridgehead atoms. The largest absolute Gasteiger partial charge is 0.467 e. The van der Waals surface area contributed by atoms with Crippen molar-refractivity contribution in [2.45, 2.75) is 26.1 Å². The Morgan fingerprint density at radius 1 is 1.29 bits per heavy atom. The molecule has 0 radical (unpaired) electrons. The van der Waals surface area contributed by atoms with E-state index in [-0.39, 0.29) is 28.6 Å². The number of nitrogens with zero attached hydrogens (tertiary/aromatic N) is 3. The maximum absolute atomic E-state index is 13.4. The number of carbonyl (C=O) groups excluding carboxylic acids is 1. The van der Waals surface area contributed by atoms with Gasteiger partial charge in [0, 0.05) is 13.1 Å². The van der Waals surface area contributed by atoms with Crippen LogP contribution < -0.4 is 10.1 Å². The average Bonchev–Trinajstić information content (AvgIpc) is 2.93. The van der Waals surface area contributed by atoms with Gasteiger partial charge >= 0.3 is 6.18 Å². The number of halogens is 3. The fraction of sp³-hybridized carbons (Fsp3) is 0.316. The molecular weight excluding hydrogens is 373 g/mol. The van der Waals surface area contributed by atoms with Gasteiger partial charge in [-0.2, -0.15) is 23.3 Å². The fourth-order valence-electron chi connectivity index (χ4n) is 2.97. The molecule has 0 aliphatic carbocycles. The molecule has 3 rings (SSSR count). The molecule has 0 fully saturated rings. The van der Waals surface area contributed by atoms with Crippen molar-refractivity contribution in [1.29, 1.82) is 0 Å². The molecule has 1 aromatic carbocycles. The molecule has 1 N–H and O–H groups in total. The number of amides is 1. The predicted octanol–water partition coefficient (Wildman–Crippen LogP) is 3.55. The number of alkyl halides is 3. The summed E-state index contributed by atoms with van der Waals surface area (Å²) in [5.74, 6) is -0.752. The molecule has 0 aliphatic rings. The quantitative estimate of drug-likeness (QED) is 0.721. The van der Waals surface area contributed by atoms with Gasteiger partial charge in [-0.1, -0.05) is 30.3 Å². The second-order valence-electron chi connectivity index (χ2n) is 6.40. The highest BCUT2D eigenvalue weighted by Gasteiger charge is 2.35. The van der Waals surface area contributed by atoms with Crippen LogP contribution in [0.25, 0.3) is 11.0 Å². The second-order valence-corrected chi connectivity index (χ2v) is 6.40. The first-order chi connectivity index (χ1) is 13.2. The molecule has 0 aliphatic heterocycles. The Kier molecular flexibility index (Phi) is 5.26. The first-order valence-corrected chi connectivity index (χ1v) is 8.55. The van der Waals surface area contributed by atoms with Crippen LogP contribution >= 0.6 is 0 Å². The highest BCUT2D eigenvalue weighted by molar-refractivity contribution is 5.83. The molecule has 1 amide bonds. The van der Waals surface area contributed by atoms with E-state index in [1.807, 2.05) is 30.3 Å². The Bertz CT molecular complexity index is 1000. The minimum absolute atomic E-state index is 0.0420. The van der Waals surface area contributed by atoms with Crippen LogP contribution in [0.3, 0.4) is 0 Å². The van der Waals surface area contributed by atoms with E-state index < -0.39 is 24.3 Å². The fourth-order valence-corrected chi connectivity index (χ4v) is 2.97. The SMILES string of the molecule is Cc1nn(C)c2nc(OCC(=O)N[C@@H](C)c3ccccc3)cc(C(F)(F)F)c12. The Morgan fingerprint density at radius 3 is 2.61 bits per heavy atom. The van der Waals surface area contributed by atoms with E-state index in [1.54, 1.807) is 6.92 Å². The normalized spacial score (nSPS) is 12.8. The van der Waals surface area contributed by atoms with Gasteiger partial charge in [0.1, 0.15) is 0 Å². The van der Waals surface area contributed by atoms with Gasteiger partial charge in [-0.3, -0.25) is 9.48 Å². The molecule has 6 nitrogen and oxygen atoms in total. The number of pyridine rings is 1. The molecule has 0 spiro atoms. The van der Waals surface area contributed by atoms with Crippen molar-refractivity contribution in [1.82, 2.24) is 20.1 Å². The summed E-state index contributed by atoms with van der Waals surface area (Å²) < 4.78 is 46.8. The van der Waals surface area contributed by atoms with Crippen LogP contribution in [0.4, 0.5) is 13.2 Å². The van der Waals surface area contributed by atoms with Crippen molar-refractivity contribution in [2.75, 3.05) is 6.61 Å². The maximum Gasteiger partial charge on any atom is 0.417 e. The summed E-state index contributed by atoms with van der Waals surface area (Å²) in [4.78, 5) is 16.2. The molecule has 28 heavy (non-hydrogen) atoms. The van der Waals surface area contributed by atoms with Crippen molar-refractivity contribution in [3.8, 4) is 5.88 Å². The molecule has 9 heteroatoms. The predicted molar refractivity (Wildman–Crippen MR) is 96.7 cm³/mol. The lowest BCUT2D eigenvalue weighted by molar-refractivity contribution is -0.136. The van der Waals surface area contributed by atoms with Gasteiger partial charge in [0.05, 0.1) is 22.7 Å². The molecule has 148 valence electrons. The van der Waals surface area contributed by atoms with Gasteiger partial charge in [0.25, 0.3) is 5.91 Å². The standard InChI is InChI=1S/C19H19F3N4O2/c1-11(13-7-5-4-6-8-13)23-15(27)10-28-16-9-14(19(20,21)22)17-12(2)25-26(3)18(17)24-16/h4-9,11H,10H2,1-3H3,(H,23,27)/t11-/m0/s1. The molecule has 0 saturated heterocycles. The van der Waals surface area contributed by atoms with Gasteiger partial charge in [0.15, 0.2) is 12.3 Å². The Hall–Kier alpha value is -3.10. The number of carbonyl (C=O) groups is 1. The van der Waals surface area contributed by atoms with E-state index in [0.29, 0.717) is 0 Å². The van der Waals surface area contributed by atoms with Gasteiger partial charge in [-0.05, 0) is 19.4 Å². The smallest absolute Gasteiger partial charge is 0.417 e.